The zero-order chi connectivity index (χ0) is 19.9. The van der Waals surface area contributed by atoms with Crippen LogP contribution < -0.4 is 4.74 Å². The zero-order valence-corrected chi connectivity index (χ0v) is 15.7. The third-order valence-corrected chi connectivity index (χ3v) is 6.17. The minimum atomic E-state index is -4.52. The van der Waals surface area contributed by atoms with E-state index >= 15 is 0 Å². The molecule has 2 aromatic rings. The molecule has 0 spiro atoms. The van der Waals surface area contributed by atoms with Gasteiger partial charge in [-0.2, -0.15) is 13.2 Å². The first-order valence-corrected chi connectivity index (χ1v) is 9.58. The Bertz CT molecular complexity index is 823. The molecule has 0 radical (unpaired) electrons. The van der Waals surface area contributed by atoms with Crippen LogP contribution in [0.5, 0.6) is 5.75 Å². The predicted molar refractivity (Wildman–Crippen MR) is 99.9 cm³/mol. The second kappa shape index (κ2) is 7.08. The third kappa shape index (κ3) is 3.51. The van der Waals surface area contributed by atoms with E-state index in [4.69, 9.17) is 4.74 Å². The van der Waals surface area contributed by atoms with Crippen molar-refractivity contribution >= 4 is 0 Å². The molecule has 2 heterocycles. The van der Waals surface area contributed by atoms with Gasteiger partial charge < -0.3 is 9.84 Å². The average molecular weight is 391 g/mol. The van der Waals surface area contributed by atoms with Gasteiger partial charge in [0.15, 0.2) is 0 Å². The maximum Gasteiger partial charge on any atom is 0.419 e. The minimum Gasteiger partial charge on any atom is -0.496 e. The molecule has 2 aromatic carbocycles. The van der Waals surface area contributed by atoms with Crippen molar-refractivity contribution in [2.75, 3.05) is 7.11 Å². The van der Waals surface area contributed by atoms with Gasteiger partial charge in [0, 0.05) is 18.6 Å². The minimum absolute atomic E-state index is 0.167. The Hall–Kier alpha value is -2.05. The summed E-state index contributed by atoms with van der Waals surface area (Å²) < 4.78 is 45.1. The molecule has 2 bridgehead atoms. The fraction of sp³-hybridized carbons (Fsp3) is 0.455. The van der Waals surface area contributed by atoms with Gasteiger partial charge in [-0.05, 0) is 48.9 Å². The predicted octanol–water partition coefficient (Wildman–Crippen LogP) is 4.73. The molecule has 0 saturated carbocycles. The summed E-state index contributed by atoms with van der Waals surface area (Å²) in [6.45, 7) is 0.808. The molecule has 1 N–H and O–H groups in total. The Morgan fingerprint density at radius 1 is 1.07 bits per heavy atom. The molecule has 0 aromatic heterocycles. The van der Waals surface area contributed by atoms with Crippen LogP contribution in [0.3, 0.4) is 0 Å². The van der Waals surface area contributed by atoms with Crippen LogP contribution in [0.2, 0.25) is 0 Å². The smallest absolute Gasteiger partial charge is 0.419 e. The van der Waals surface area contributed by atoms with E-state index in [2.05, 4.69) is 17.0 Å². The molecule has 4 rings (SSSR count). The highest BCUT2D eigenvalue weighted by atomic mass is 19.4. The molecule has 0 amide bonds. The lowest BCUT2D eigenvalue weighted by Gasteiger charge is -2.44. The van der Waals surface area contributed by atoms with Gasteiger partial charge in [0.25, 0.3) is 0 Å². The Morgan fingerprint density at radius 2 is 1.71 bits per heavy atom. The summed E-state index contributed by atoms with van der Waals surface area (Å²) in [6.07, 6.45) is -1.71. The average Bonchev–Trinajstić information content (AvgIpc) is 2.91. The maximum absolute atomic E-state index is 13.4. The first kappa shape index (κ1) is 19.3. The molecule has 2 aliphatic heterocycles. The van der Waals surface area contributed by atoms with Gasteiger partial charge in [0.05, 0.1) is 18.3 Å². The van der Waals surface area contributed by atoms with E-state index in [0.717, 1.165) is 25.5 Å². The number of halogens is 3. The van der Waals surface area contributed by atoms with Crippen molar-refractivity contribution in [3.05, 3.63) is 65.2 Å². The normalized spacial score (nSPS) is 27.8. The lowest BCUT2D eigenvalue weighted by Crippen LogP contribution is -2.49. The van der Waals surface area contributed by atoms with Crippen LogP contribution >= 0.6 is 0 Å². The molecule has 150 valence electrons. The molecule has 2 saturated heterocycles. The van der Waals surface area contributed by atoms with Crippen molar-refractivity contribution in [1.29, 1.82) is 0 Å². The monoisotopic (exact) mass is 391 g/mol. The molecule has 2 aliphatic rings. The Labute approximate surface area is 162 Å². The topological polar surface area (TPSA) is 32.7 Å². The first-order chi connectivity index (χ1) is 13.3. The SMILES string of the molecule is COc1ccc(C2(O)CC3CCC(C2)N3Cc2ccccc2)cc1C(F)(F)F. The van der Waals surface area contributed by atoms with E-state index < -0.39 is 17.3 Å². The lowest BCUT2D eigenvalue weighted by atomic mass is 9.79. The highest BCUT2D eigenvalue weighted by Gasteiger charge is 2.48. The number of methoxy groups -OCH3 is 1. The van der Waals surface area contributed by atoms with Gasteiger partial charge in [-0.3, -0.25) is 4.90 Å². The van der Waals surface area contributed by atoms with Crippen molar-refractivity contribution in [2.45, 2.75) is 56.1 Å². The van der Waals surface area contributed by atoms with Gasteiger partial charge >= 0.3 is 6.18 Å². The van der Waals surface area contributed by atoms with Crippen molar-refractivity contribution in [1.82, 2.24) is 4.90 Å². The van der Waals surface area contributed by atoms with Gasteiger partial charge in [0.1, 0.15) is 5.75 Å². The summed E-state index contributed by atoms with van der Waals surface area (Å²) in [6, 6.07) is 14.4. The molecule has 2 atom stereocenters. The quantitative estimate of drug-likeness (QED) is 0.818. The largest absolute Gasteiger partial charge is 0.496 e. The molecule has 2 fully saturated rings. The van der Waals surface area contributed by atoms with Crippen molar-refractivity contribution < 1.29 is 23.0 Å². The number of hydrogen-bond donors (Lipinski definition) is 1. The molecule has 0 aliphatic carbocycles. The van der Waals surface area contributed by atoms with Gasteiger partial charge in [-0.1, -0.05) is 36.4 Å². The Balaban J connectivity index is 1.59. The second-order valence-corrected chi connectivity index (χ2v) is 7.90. The molecule has 3 nitrogen and oxygen atoms in total. The van der Waals surface area contributed by atoms with Crippen molar-refractivity contribution in [2.24, 2.45) is 0 Å². The summed E-state index contributed by atoms with van der Waals surface area (Å²) in [5.74, 6) is -0.218. The molecular formula is C22H24F3NO2. The van der Waals surface area contributed by atoms with Crippen molar-refractivity contribution in [3.8, 4) is 5.75 Å². The van der Waals surface area contributed by atoms with Crippen LogP contribution in [0.15, 0.2) is 48.5 Å². The zero-order valence-electron chi connectivity index (χ0n) is 15.7. The van der Waals surface area contributed by atoms with E-state index in [1.54, 1.807) is 6.07 Å². The molecular weight excluding hydrogens is 367 g/mol. The molecule has 2 unspecified atom stereocenters. The fourth-order valence-corrected chi connectivity index (χ4v) is 4.82. The van der Waals surface area contributed by atoms with Crippen LogP contribution in [-0.2, 0) is 18.3 Å². The summed E-state index contributed by atoms with van der Waals surface area (Å²) in [4.78, 5) is 2.40. The number of nitrogens with zero attached hydrogens (tertiary/aromatic N) is 1. The maximum atomic E-state index is 13.4. The van der Waals surface area contributed by atoms with E-state index in [0.29, 0.717) is 18.4 Å². The number of aliphatic hydroxyl groups is 1. The number of fused-ring (bicyclic) bond motifs is 2. The fourth-order valence-electron chi connectivity index (χ4n) is 4.82. The molecule has 28 heavy (non-hydrogen) atoms. The number of alkyl halides is 3. The summed E-state index contributed by atoms with van der Waals surface area (Å²) in [7, 11) is 1.22. The van der Waals surface area contributed by atoms with E-state index in [9.17, 15) is 18.3 Å². The number of rotatable bonds is 4. The van der Waals surface area contributed by atoms with Gasteiger partial charge in [0.2, 0.25) is 0 Å². The highest BCUT2D eigenvalue weighted by Crippen LogP contribution is 2.48. The van der Waals surface area contributed by atoms with Crippen LogP contribution in [0.4, 0.5) is 13.2 Å². The first-order valence-electron chi connectivity index (χ1n) is 9.58. The summed E-state index contributed by atoms with van der Waals surface area (Å²) in [5.41, 5.74) is -0.531. The molecule has 6 heteroatoms. The van der Waals surface area contributed by atoms with Crippen LogP contribution in [0, 0.1) is 0 Å². The third-order valence-electron chi connectivity index (χ3n) is 6.17. The number of ether oxygens (including phenoxy) is 1. The standard InChI is InChI=1S/C22H24F3NO2/c1-28-20-10-7-16(11-19(20)22(23,24)25)21(27)12-17-8-9-18(13-21)26(17)14-15-5-3-2-4-6-15/h2-7,10-11,17-18,27H,8-9,12-14H2,1H3. The number of hydrogen-bond acceptors (Lipinski definition) is 3. The number of piperidine rings is 1. The van der Waals surface area contributed by atoms with Crippen molar-refractivity contribution in [3.63, 3.8) is 0 Å². The van der Waals surface area contributed by atoms with Crippen LogP contribution in [-0.4, -0.2) is 29.2 Å². The summed E-state index contributed by atoms with van der Waals surface area (Å²) in [5, 5.41) is 11.3. The second-order valence-electron chi connectivity index (χ2n) is 7.90. The van der Waals surface area contributed by atoms with Crippen LogP contribution in [0.1, 0.15) is 42.4 Å². The van der Waals surface area contributed by atoms with Crippen LogP contribution in [0.25, 0.3) is 0 Å². The Morgan fingerprint density at radius 3 is 2.29 bits per heavy atom. The van der Waals surface area contributed by atoms with E-state index in [-0.39, 0.29) is 17.8 Å². The number of benzene rings is 2. The van der Waals surface area contributed by atoms with Gasteiger partial charge in [-0.25, -0.2) is 0 Å². The van der Waals surface area contributed by atoms with Gasteiger partial charge in [-0.15, -0.1) is 0 Å². The van der Waals surface area contributed by atoms with E-state index in [1.807, 2.05) is 18.2 Å². The highest BCUT2D eigenvalue weighted by molar-refractivity contribution is 5.42. The summed E-state index contributed by atoms with van der Waals surface area (Å²) >= 11 is 0. The Kier molecular flexibility index (Phi) is 4.88. The lowest BCUT2D eigenvalue weighted by molar-refractivity contribution is -0.139. The van der Waals surface area contributed by atoms with E-state index in [1.165, 1.54) is 18.7 Å².